The molecule has 0 aliphatic carbocycles. The van der Waals surface area contributed by atoms with Crippen LogP contribution in [0, 0.1) is 6.42 Å². The van der Waals surface area contributed by atoms with Crippen molar-refractivity contribution >= 4 is 0 Å². The van der Waals surface area contributed by atoms with Crippen molar-refractivity contribution in [3.8, 4) is 0 Å². The van der Waals surface area contributed by atoms with E-state index in [1.54, 1.807) is 0 Å². The van der Waals surface area contributed by atoms with E-state index in [1.165, 1.54) is 0 Å². The van der Waals surface area contributed by atoms with Crippen LogP contribution in [0.4, 0.5) is 0 Å². The van der Waals surface area contributed by atoms with E-state index in [4.69, 9.17) is 3.32 Å². The van der Waals surface area contributed by atoms with Gasteiger partial charge < -0.3 is 0 Å². The molecule has 1 nitrogen and oxygen atoms in total. The van der Waals surface area contributed by atoms with E-state index in [0.29, 0.717) is 0 Å². The van der Waals surface area contributed by atoms with Crippen molar-refractivity contribution in [3.63, 3.8) is 0 Å². The average molecular weight is 107 g/mol. The molecule has 0 N–H and O–H groups in total. The normalized spacial score (nSPS) is 4.20. The van der Waals surface area contributed by atoms with Crippen LogP contribution in [0.25, 0.3) is 0 Å². The third kappa shape index (κ3) is 108. The predicted molar refractivity (Wildman–Crippen MR) is 16.3 cm³/mol. The molecule has 0 amide bonds. The molecule has 0 bridgehead atoms. The van der Waals surface area contributed by atoms with E-state index >= 15 is 0 Å². The molecule has 0 aromatic heterocycles. The van der Waals surface area contributed by atoms with Crippen molar-refractivity contribution in [2.45, 2.75) is 13.8 Å². The Labute approximate surface area is 44.5 Å². The number of hydrogen-bond acceptors (Lipinski definition) is 1. The summed E-state index contributed by atoms with van der Waals surface area (Å²) in [5.74, 6) is 0. The number of rotatable bonds is 0. The Morgan fingerprint density at radius 2 is 1.40 bits per heavy atom. The quantitative estimate of drug-likeness (QED) is 0.423. The molecule has 0 unspecified atom stereocenters. The van der Waals surface area contributed by atoms with Gasteiger partial charge in [-0.15, -0.1) is 0 Å². The number of hydrogen-bond donors (Lipinski definition) is 0. The summed E-state index contributed by atoms with van der Waals surface area (Å²) in [6, 6.07) is 0. The first kappa shape index (κ1) is 9.10. The summed E-state index contributed by atoms with van der Waals surface area (Å²) in [5.41, 5.74) is 0. The molecule has 0 fully saturated rings. The first-order valence-corrected chi connectivity index (χ1v) is 2.00. The summed E-state index contributed by atoms with van der Waals surface area (Å²) >= 11 is 0.750. The Hall–Kier alpha value is 0.514. The van der Waals surface area contributed by atoms with E-state index in [2.05, 4.69) is 0 Å². The van der Waals surface area contributed by atoms with Gasteiger partial charge in [0.25, 0.3) is 0 Å². The zero-order chi connectivity index (χ0) is 4.71. The van der Waals surface area contributed by atoms with Gasteiger partial charge in [0.05, 0.1) is 0 Å². The van der Waals surface area contributed by atoms with Crippen LogP contribution in [0.1, 0.15) is 13.8 Å². The molecule has 29 valence electrons. The van der Waals surface area contributed by atoms with Crippen molar-refractivity contribution in [1.82, 2.24) is 0 Å². The maximum atomic E-state index is 8.25. The van der Waals surface area contributed by atoms with Crippen LogP contribution in [0.15, 0.2) is 0 Å². The van der Waals surface area contributed by atoms with E-state index < -0.39 is 0 Å². The van der Waals surface area contributed by atoms with Crippen LogP contribution >= 0.6 is 0 Å². The molecular formula is C3H7OTi. The van der Waals surface area contributed by atoms with E-state index in [9.17, 15) is 0 Å². The molecule has 0 atom stereocenters. The van der Waals surface area contributed by atoms with E-state index in [-0.39, 0.29) is 0 Å². The Morgan fingerprint density at radius 3 is 1.40 bits per heavy atom. The summed E-state index contributed by atoms with van der Waals surface area (Å²) in [5, 5.41) is 0. The topological polar surface area (TPSA) is 17.1 Å². The molecule has 0 rings (SSSR count). The predicted octanol–water partition coefficient (Wildman–Crippen LogP) is 1.11. The van der Waals surface area contributed by atoms with Crippen molar-refractivity contribution in [2.75, 3.05) is 0 Å². The maximum absolute atomic E-state index is 8.25. The molecule has 0 aromatic rings. The molecule has 1 radical (unpaired) electrons. The fourth-order valence-electron chi connectivity index (χ4n) is 0. The Balaban J connectivity index is 0. The van der Waals surface area contributed by atoms with Gasteiger partial charge in [-0.2, -0.15) is 0 Å². The van der Waals surface area contributed by atoms with E-state index in [0.717, 1.165) is 20.4 Å². The fourth-order valence-corrected chi connectivity index (χ4v) is 0. The first-order valence-electron chi connectivity index (χ1n) is 1.36. The minimum atomic E-state index is 0.750. The van der Waals surface area contributed by atoms with Crippen molar-refractivity contribution in [2.24, 2.45) is 0 Å². The summed E-state index contributed by atoms with van der Waals surface area (Å²) in [6.45, 7) is 4.00. The summed E-state index contributed by atoms with van der Waals surface area (Å²) in [7, 11) is 0. The zero-order valence-electron chi connectivity index (χ0n) is 3.49. The molecule has 5 heavy (non-hydrogen) atoms. The SMILES string of the molecule is C[CH]C.[O]=[Ti]. The van der Waals surface area contributed by atoms with Gasteiger partial charge in [-0.25, -0.2) is 0 Å². The Kier molecular flexibility index (Phi) is 44.2. The molecule has 0 aliphatic rings. The van der Waals surface area contributed by atoms with Gasteiger partial charge in [0.2, 0.25) is 0 Å². The third-order valence-corrected chi connectivity index (χ3v) is 0. The van der Waals surface area contributed by atoms with Crippen LogP contribution in [-0.2, 0) is 23.7 Å². The van der Waals surface area contributed by atoms with Crippen LogP contribution < -0.4 is 0 Å². The van der Waals surface area contributed by atoms with Gasteiger partial charge in [0.1, 0.15) is 0 Å². The fraction of sp³-hybridized carbons (Fsp3) is 0.667. The monoisotopic (exact) mass is 107 g/mol. The zero-order valence-corrected chi connectivity index (χ0v) is 5.05. The van der Waals surface area contributed by atoms with Gasteiger partial charge in [0, 0.05) is 0 Å². The van der Waals surface area contributed by atoms with Crippen LogP contribution in [-0.4, -0.2) is 0 Å². The second-order valence-corrected chi connectivity index (χ2v) is 0.577. The van der Waals surface area contributed by atoms with E-state index in [1.807, 2.05) is 20.3 Å². The second kappa shape index (κ2) is 24.3. The van der Waals surface area contributed by atoms with Crippen molar-refractivity contribution < 1.29 is 23.7 Å². The van der Waals surface area contributed by atoms with Crippen molar-refractivity contribution in [1.29, 1.82) is 0 Å². The molecular weight excluding hydrogens is 99.9 g/mol. The van der Waals surface area contributed by atoms with Crippen LogP contribution in [0.3, 0.4) is 0 Å². The first-order chi connectivity index (χ1) is 2.41. The summed E-state index contributed by atoms with van der Waals surface area (Å²) in [6.07, 6.45) is 2.00. The molecule has 0 saturated carbocycles. The summed E-state index contributed by atoms with van der Waals surface area (Å²) in [4.78, 5) is 0. The molecule has 0 saturated heterocycles. The van der Waals surface area contributed by atoms with Gasteiger partial charge in [0.15, 0.2) is 0 Å². The van der Waals surface area contributed by atoms with Gasteiger partial charge in [-0.05, 0) is 6.42 Å². The van der Waals surface area contributed by atoms with Crippen LogP contribution in [0.5, 0.6) is 0 Å². The van der Waals surface area contributed by atoms with Gasteiger partial charge in [-0.1, -0.05) is 13.8 Å². The Bertz CT molecular complexity index is 10.9. The van der Waals surface area contributed by atoms with Crippen molar-refractivity contribution in [3.05, 3.63) is 6.42 Å². The molecule has 0 heterocycles. The minimum absolute atomic E-state index is 0.750. The molecule has 0 spiro atoms. The molecule has 0 aromatic carbocycles. The molecule has 0 aliphatic heterocycles. The van der Waals surface area contributed by atoms with Gasteiger partial charge in [-0.3, -0.25) is 0 Å². The third-order valence-electron chi connectivity index (χ3n) is 0. The van der Waals surface area contributed by atoms with Crippen LogP contribution in [0.2, 0.25) is 0 Å². The average Bonchev–Trinajstić information content (AvgIpc) is 1.46. The standard InChI is InChI=1S/C3H7.O.Ti/c1-3-2;;/h3H,1-2H3;;. The van der Waals surface area contributed by atoms with Gasteiger partial charge >= 0.3 is 23.7 Å². The molecule has 2 heteroatoms. The second-order valence-electron chi connectivity index (χ2n) is 0.577. The summed E-state index contributed by atoms with van der Waals surface area (Å²) < 4.78 is 8.25. The Morgan fingerprint density at radius 1 is 1.40 bits per heavy atom.